The van der Waals surface area contributed by atoms with Crippen molar-refractivity contribution in [1.29, 1.82) is 0 Å². The maximum absolute atomic E-state index is 13.9. The molecule has 0 spiro atoms. The lowest BCUT2D eigenvalue weighted by Crippen LogP contribution is -2.21. The van der Waals surface area contributed by atoms with E-state index in [1.807, 2.05) is 40.2 Å². The van der Waals surface area contributed by atoms with Gasteiger partial charge in [-0.15, -0.1) is 0 Å². The lowest BCUT2D eigenvalue weighted by molar-refractivity contribution is -0.137. The Balaban J connectivity index is 1.30. The highest BCUT2D eigenvalue weighted by Gasteiger charge is 2.31. The zero-order valence-corrected chi connectivity index (χ0v) is 21.9. The third-order valence-corrected chi connectivity index (χ3v) is 5.95. The van der Waals surface area contributed by atoms with Gasteiger partial charge in [-0.1, -0.05) is 30.3 Å². The van der Waals surface area contributed by atoms with Crippen molar-refractivity contribution in [2.75, 3.05) is 16.0 Å². The highest BCUT2D eigenvalue weighted by molar-refractivity contribution is 5.99. The number of hydrogen-bond donors (Lipinski definition) is 3. The van der Waals surface area contributed by atoms with Crippen molar-refractivity contribution in [3.05, 3.63) is 102 Å². The van der Waals surface area contributed by atoms with Crippen LogP contribution in [0.15, 0.2) is 85.1 Å². The van der Waals surface area contributed by atoms with Gasteiger partial charge in [0.1, 0.15) is 23.1 Å². The number of urea groups is 1. The molecule has 9 nitrogen and oxygen atoms in total. The number of alkyl halides is 3. The van der Waals surface area contributed by atoms with Crippen LogP contribution in [-0.2, 0) is 17.5 Å². The molecule has 0 atom stereocenters. The zero-order valence-electron chi connectivity index (χ0n) is 21.9. The summed E-state index contributed by atoms with van der Waals surface area (Å²) in [6.45, 7) is 1.85. The Morgan fingerprint density at radius 3 is 2.36 bits per heavy atom. The molecule has 13 heteroatoms. The Bertz CT molecular complexity index is 1760. The molecule has 0 fully saturated rings. The fourth-order valence-corrected chi connectivity index (χ4v) is 4.06. The fraction of sp³-hybridized carbons (Fsp3) is 0.103. The minimum atomic E-state index is -4.70. The first-order valence-electron chi connectivity index (χ1n) is 12.5. The van der Waals surface area contributed by atoms with E-state index in [1.54, 1.807) is 18.2 Å². The Kier molecular flexibility index (Phi) is 7.74. The van der Waals surface area contributed by atoms with Crippen LogP contribution in [-0.4, -0.2) is 26.5 Å². The van der Waals surface area contributed by atoms with Crippen LogP contribution in [0.5, 0.6) is 11.5 Å². The maximum atomic E-state index is 13.9. The number of benzene rings is 3. The molecule has 3 N–H and O–H groups in total. The topological polar surface area (TPSA) is 110 Å². The first-order valence-corrected chi connectivity index (χ1v) is 12.5. The number of carbonyl (C=O) groups excluding carboxylic acids is 2. The Morgan fingerprint density at radius 1 is 0.905 bits per heavy atom. The molecule has 2 heterocycles. The maximum Gasteiger partial charge on any atom is 0.416 e. The van der Waals surface area contributed by atoms with Crippen LogP contribution in [0, 0.1) is 5.82 Å². The van der Waals surface area contributed by atoms with Crippen molar-refractivity contribution in [1.82, 2.24) is 14.5 Å². The number of aromatic nitrogens is 3. The molecule has 0 aliphatic rings. The molecule has 0 saturated carbocycles. The van der Waals surface area contributed by atoms with E-state index >= 15 is 0 Å². The smallest absolute Gasteiger partial charge is 0.416 e. The van der Waals surface area contributed by atoms with Crippen molar-refractivity contribution in [3.8, 4) is 11.5 Å². The number of rotatable bonds is 7. The van der Waals surface area contributed by atoms with Gasteiger partial charge in [-0.3, -0.25) is 15.4 Å². The van der Waals surface area contributed by atoms with Gasteiger partial charge in [0.2, 0.25) is 11.9 Å². The molecule has 0 aliphatic heterocycles. The number of amides is 3. The van der Waals surface area contributed by atoms with Gasteiger partial charge in [-0.25, -0.2) is 19.2 Å². The van der Waals surface area contributed by atoms with E-state index in [9.17, 15) is 27.2 Å². The summed E-state index contributed by atoms with van der Waals surface area (Å²) in [5.74, 6) is -0.0834. The highest BCUT2D eigenvalue weighted by atomic mass is 19.4. The minimum Gasteiger partial charge on any atom is -0.456 e. The molecule has 5 aromatic rings. The van der Waals surface area contributed by atoms with Gasteiger partial charge in [0.25, 0.3) is 0 Å². The molecular weight excluding hydrogens is 556 g/mol. The molecule has 0 aliphatic carbocycles. The number of nitrogens with one attached hydrogen (secondary N) is 3. The molecule has 5 rings (SSSR count). The lowest BCUT2D eigenvalue weighted by atomic mass is 10.2. The predicted molar refractivity (Wildman–Crippen MR) is 148 cm³/mol. The summed E-state index contributed by atoms with van der Waals surface area (Å²) in [4.78, 5) is 32.6. The van der Waals surface area contributed by atoms with Gasteiger partial charge in [-0.05, 0) is 48.0 Å². The quantitative estimate of drug-likeness (QED) is 0.180. The standard InChI is InChI=1S/C29H22F4N6O3/c1-17(40)35-27-36-23-11-8-20(14-25(23)39(27)16-18-5-3-2-4-6-18)42-21-9-12-26(34-15-21)38-28(41)37-24-13-19(29(31,32)33)7-10-22(24)30/h2-15H,16H2,1H3,(H,35,36,40)(H2,34,37,38,41). The molecule has 3 aromatic carbocycles. The van der Waals surface area contributed by atoms with Crippen LogP contribution < -0.4 is 20.7 Å². The van der Waals surface area contributed by atoms with E-state index in [4.69, 9.17) is 4.74 Å². The molecule has 42 heavy (non-hydrogen) atoms. The molecule has 3 amide bonds. The number of anilines is 3. The SMILES string of the molecule is CC(=O)Nc1nc2ccc(Oc3ccc(NC(=O)Nc4cc(C(F)(F)F)ccc4F)nc3)cc2n1Cc1ccccc1. The van der Waals surface area contributed by atoms with Crippen molar-refractivity contribution in [2.45, 2.75) is 19.6 Å². The van der Waals surface area contributed by atoms with Gasteiger partial charge >= 0.3 is 12.2 Å². The van der Waals surface area contributed by atoms with Gasteiger partial charge in [-0.2, -0.15) is 13.2 Å². The summed E-state index contributed by atoms with van der Waals surface area (Å²) >= 11 is 0. The average molecular weight is 579 g/mol. The van der Waals surface area contributed by atoms with Crippen molar-refractivity contribution < 1.29 is 31.9 Å². The van der Waals surface area contributed by atoms with E-state index in [0.717, 1.165) is 5.56 Å². The normalized spacial score (nSPS) is 11.3. The number of ether oxygens (including phenoxy) is 1. The van der Waals surface area contributed by atoms with Crippen molar-refractivity contribution >= 4 is 40.4 Å². The molecule has 2 aromatic heterocycles. The van der Waals surface area contributed by atoms with Gasteiger partial charge in [0.15, 0.2) is 0 Å². The lowest BCUT2D eigenvalue weighted by Gasteiger charge is -2.12. The number of nitrogens with zero attached hydrogens (tertiary/aromatic N) is 3. The third kappa shape index (κ3) is 6.63. The number of fused-ring (bicyclic) bond motifs is 1. The second-order valence-corrected chi connectivity index (χ2v) is 9.09. The molecule has 214 valence electrons. The summed E-state index contributed by atoms with van der Waals surface area (Å²) < 4.78 is 60.5. The van der Waals surface area contributed by atoms with E-state index in [1.165, 1.54) is 25.3 Å². The Morgan fingerprint density at radius 2 is 1.67 bits per heavy atom. The molecule has 0 unspecified atom stereocenters. The molecule has 0 bridgehead atoms. The molecule has 0 radical (unpaired) electrons. The van der Waals surface area contributed by atoms with Crippen molar-refractivity contribution in [3.63, 3.8) is 0 Å². The molecular formula is C29H22F4N6O3. The van der Waals surface area contributed by atoms with Crippen molar-refractivity contribution in [2.24, 2.45) is 0 Å². The number of carbonyl (C=O) groups is 2. The Labute approximate surface area is 236 Å². The fourth-order valence-electron chi connectivity index (χ4n) is 4.06. The van der Waals surface area contributed by atoms with Gasteiger partial charge in [0, 0.05) is 13.0 Å². The Hall–Kier alpha value is -5.46. The number of imidazole rings is 1. The zero-order chi connectivity index (χ0) is 29.9. The van der Waals surface area contributed by atoms with Gasteiger partial charge in [0.05, 0.1) is 35.0 Å². The summed E-state index contributed by atoms with van der Waals surface area (Å²) in [6.07, 6.45) is -3.37. The first-order chi connectivity index (χ1) is 20.0. The van der Waals surface area contributed by atoms with Crippen LogP contribution in [0.3, 0.4) is 0 Å². The first kappa shape index (κ1) is 28.1. The number of halogens is 4. The number of pyridine rings is 1. The number of hydrogen-bond acceptors (Lipinski definition) is 5. The van der Waals surface area contributed by atoms with Crippen LogP contribution >= 0.6 is 0 Å². The predicted octanol–water partition coefficient (Wildman–Crippen LogP) is 7.03. The second-order valence-electron chi connectivity index (χ2n) is 9.09. The third-order valence-electron chi connectivity index (χ3n) is 5.95. The van der Waals surface area contributed by atoms with E-state index in [0.29, 0.717) is 53.2 Å². The van der Waals surface area contributed by atoms with Gasteiger partial charge < -0.3 is 14.6 Å². The molecule has 0 saturated heterocycles. The summed E-state index contributed by atoms with van der Waals surface area (Å²) in [5, 5.41) is 7.13. The highest BCUT2D eigenvalue weighted by Crippen LogP contribution is 2.32. The summed E-state index contributed by atoms with van der Waals surface area (Å²) in [7, 11) is 0. The van der Waals surface area contributed by atoms with Crippen LogP contribution in [0.2, 0.25) is 0 Å². The average Bonchev–Trinajstić information content (AvgIpc) is 3.26. The van der Waals surface area contributed by atoms with E-state index < -0.39 is 29.3 Å². The van der Waals surface area contributed by atoms with Crippen LogP contribution in [0.25, 0.3) is 11.0 Å². The second kappa shape index (κ2) is 11.6. The summed E-state index contributed by atoms with van der Waals surface area (Å²) in [5.41, 5.74) is 0.618. The largest absolute Gasteiger partial charge is 0.456 e. The summed E-state index contributed by atoms with van der Waals surface area (Å²) in [6, 6.07) is 18.5. The van der Waals surface area contributed by atoms with E-state index in [-0.39, 0.29) is 11.7 Å². The minimum absolute atomic E-state index is 0.0450. The van der Waals surface area contributed by atoms with E-state index in [2.05, 4.69) is 20.6 Å². The monoisotopic (exact) mass is 578 g/mol. The van der Waals surface area contributed by atoms with Crippen LogP contribution in [0.1, 0.15) is 18.1 Å². The van der Waals surface area contributed by atoms with Crippen LogP contribution in [0.4, 0.5) is 39.8 Å².